The minimum absolute atomic E-state index is 0.0544. The van der Waals surface area contributed by atoms with Gasteiger partial charge in [-0.05, 0) is 19.9 Å². The van der Waals surface area contributed by atoms with E-state index in [9.17, 15) is 13.2 Å². The fourth-order valence-electron chi connectivity index (χ4n) is 2.31. The van der Waals surface area contributed by atoms with E-state index in [0.29, 0.717) is 29.3 Å². The lowest BCUT2D eigenvalue weighted by atomic mass is 10.1. The molecule has 0 aliphatic carbocycles. The van der Waals surface area contributed by atoms with Crippen LogP contribution >= 0.6 is 0 Å². The first kappa shape index (κ1) is 17.0. The number of carbonyl (C=O) groups excluding carboxylic acids is 1. The summed E-state index contributed by atoms with van der Waals surface area (Å²) in [5, 5.41) is 2.80. The lowest BCUT2D eigenvalue weighted by Gasteiger charge is -2.18. The lowest BCUT2D eigenvalue weighted by molar-refractivity contribution is -0.120. The van der Waals surface area contributed by atoms with E-state index in [1.54, 1.807) is 21.0 Å². The van der Waals surface area contributed by atoms with Gasteiger partial charge in [0.15, 0.2) is 0 Å². The fourth-order valence-corrected chi connectivity index (χ4v) is 3.34. The normalized spacial score (nSPS) is 16.4. The molecule has 0 saturated heterocycles. The molecule has 1 amide bonds. The van der Waals surface area contributed by atoms with Crippen LogP contribution in [-0.2, 0) is 21.5 Å². The number of allylic oxidation sites excluding steroid dienone is 1. The summed E-state index contributed by atoms with van der Waals surface area (Å²) in [5.41, 5.74) is 2.19. The molecule has 7 nitrogen and oxygen atoms in total. The summed E-state index contributed by atoms with van der Waals surface area (Å²) in [4.78, 5) is 12.1. The van der Waals surface area contributed by atoms with Gasteiger partial charge in [-0.15, -0.1) is 4.40 Å². The molecule has 2 rings (SSSR count). The van der Waals surface area contributed by atoms with Crippen molar-refractivity contribution < 1.29 is 17.9 Å². The molecule has 0 saturated carbocycles. The Balaban J connectivity index is 2.02. The van der Waals surface area contributed by atoms with E-state index in [2.05, 4.69) is 14.4 Å². The number of para-hydroxylation sites is 1. The van der Waals surface area contributed by atoms with Crippen molar-refractivity contribution in [2.45, 2.75) is 26.8 Å². The molecule has 124 valence electrons. The van der Waals surface area contributed by atoms with Gasteiger partial charge in [-0.25, -0.2) is 0 Å². The van der Waals surface area contributed by atoms with Gasteiger partial charge < -0.3 is 10.1 Å². The van der Waals surface area contributed by atoms with Crippen LogP contribution in [0.2, 0.25) is 0 Å². The molecule has 1 aromatic carbocycles. The van der Waals surface area contributed by atoms with Gasteiger partial charge in [-0.3, -0.25) is 9.52 Å². The molecule has 0 radical (unpaired) electrons. The maximum absolute atomic E-state index is 12.1. The Hall–Kier alpha value is -2.35. The predicted molar refractivity (Wildman–Crippen MR) is 87.3 cm³/mol. The van der Waals surface area contributed by atoms with Gasteiger partial charge in [0.2, 0.25) is 5.91 Å². The van der Waals surface area contributed by atoms with E-state index in [1.165, 1.54) is 0 Å². The summed E-state index contributed by atoms with van der Waals surface area (Å²) in [5.74, 6) is 0.479. The number of carbonyl (C=O) groups is 1. The molecule has 0 fully saturated rings. The smallest absolute Gasteiger partial charge is 0.342 e. The van der Waals surface area contributed by atoms with Crippen LogP contribution in [0.15, 0.2) is 39.9 Å². The van der Waals surface area contributed by atoms with Gasteiger partial charge in [-0.2, -0.15) is 8.42 Å². The molecule has 2 N–H and O–H groups in total. The number of hydrogen-bond acceptors (Lipinski definition) is 4. The average Bonchev–Trinajstić information content (AvgIpc) is 2.48. The topological polar surface area (TPSA) is 96.9 Å². The first-order chi connectivity index (χ1) is 10.8. The molecule has 1 aliphatic rings. The summed E-state index contributed by atoms with van der Waals surface area (Å²) in [7, 11) is -2.11. The summed E-state index contributed by atoms with van der Waals surface area (Å²) in [6.45, 7) is 3.51. The first-order valence-corrected chi connectivity index (χ1v) is 8.44. The zero-order valence-electron chi connectivity index (χ0n) is 13.2. The van der Waals surface area contributed by atoms with Gasteiger partial charge >= 0.3 is 10.2 Å². The number of methoxy groups -OCH3 is 1. The summed E-state index contributed by atoms with van der Waals surface area (Å²) in [6, 6.07) is 7.40. The predicted octanol–water partition coefficient (Wildman–Crippen LogP) is 1.28. The van der Waals surface area contributed by atoms with E-state index in [-0.39, 0.29) is 12.3 Å². The van der Waals surface area contributed by atoms with E-state index in [1.807, 2.05) is 24.3 Å². The standard InChI is InChI=1S/C15H19N3O4S/c1-10-13(11(2)18-23(20,21)17-10)8-15(19)16-9-12-6-4-5-7-14(12)22-3/h4-7,17H,8-9H2,1-3H3,(H,16,19). The number of nitrogens with zero attached hydrogens (tertiary/aromatic N) is 1. The fraction of sp³-hybridized carbons (Fsp3) is 0.333. The lowest BCUT2D eigenvalue weighted by Crippen LogP contribution is -2.31. The highest BCUT2D eigenvalue weighted by molar-refractivity contribution is 7.88. The molecule has 1 aromatic rings. The second kappa shape index (κ2) is 6.82. The maximum atomic E-state index is 12.1. The molecule has 0 bridgehead atoms. The Labute approximate surface area is 135 Å². The molecular weight excluding hydrogens is 318 g/mol. The second-order valence-electron chi connectivity index (χ2n) is 5.12. The molecule has 0 atom stereocenters. The zero-order valence-corrected chi connectivity index (χ0v) is 14.0. The van der Waals surface area contributed by atoms with Crippen LogP contribution < -0.4 is 14.8 Å². The van der Waals surface area contributed by atoms with Crippen LogP contribution in [0.1, 0.15) is 25.8 Å². The van der Waals surface area contributed by atoms with E-state index >= 15 is 0 Å². The summed E-state index contributed by atoms with van der Waals surface area (Å²) < 4.78 is 34.0. The van der Waals surface area contributed by atoms with Crippen molar-refractivity contribution in [3.05, 3.63) is 41.1 Å². The quantitative estimate of drug-likeness (QED) is 0.846. The molecule has 1 heterocycles. The summed E-state index contributed by atoms with van der Waals surface area (Å²) in [6.07, 6.45) is 0.0544. The minimum atomic E-state index is -3.68. The van der Waals surface area contributed by atoms with Crippen LogP contribution in [0.25, 0.3) is 0 Å². The highest BCUT2D eigenvalue weighted by atomic mass is 32.2. The third kappa shape index (κ3) is 4.32. The molecule has 8 heteroatoms. The van der Waals surface area contributed by atoms with Crippen molar-refractivity contribution >= 4 is 21.8 Å². The Bertz CT molecular complexity index is 782. The van der Waals surface area contributed by atoms with Crippen molar-refractivity contribution in [3.63, 3.8) is 0 Å². The maximum Gasteiger partial charge on any atom is 0.342 e. The monoisotopic (exact) mass is 337 g/mol. The van der Waals surface area contributed by atoms with Crippen LogP contribution in [0.5, 0.6) is 5.75 Å². The van der Waals surface area contributed by atoms with Gasteiger partial charge in [0.25, 0.3) is 0 Å². The largest absolute Gasteiger partial charge is 0.496 e. The van der Waals surface area contributed by atoms with Crippen molar-refractivity contribution in [2.24, 2.45) is 4.40 Å². The SMILES string of the molecule is COc1ccccc1CNC(=O)CC1=C(C)NS(=O)(=O)N=C1C. The minimum Gasteiger partial charge on any atom is -0.496 e. The highest BCUT2D eigenvalue weighted by Gasteiger charge is 2.22. The van der Waals surface area contributed by atoms with E-state index in [4.69, 9.17) is 4.74 Å². The van der Waals surface area contributed by atoms with Crippen molar-refractivity contribution in [1.29, 1.82) is 0 Å². The molecule has 0 unspecified atom stereocenters. The molecule has 0 aromatic heterocycles. The molecular formula is C15H19N3O4S. The molecule has 23 heavy (non-hydrogen) atoms. The van der Waals surface area contributed by atoms with Crippen LogP contribution in [0.4, 0.5) is 0 Å². The number of rotatable bonds is 5. The zero-order chi connectivity index (χ0) is 17.0. The Morgan fingerprint density at radius 3 is 2.65 bits per heavy atom. The Kier molecular flexibility index (Phi) is 5.05. The van der Waals surface area contributed by atoms with Gasteiger partial charge in [0, 0.05) is 23.4 Å². The van der Waals surface area contributed by atoms with Gasteiger partial charge in [-0.1, -0.05) is 18.2 Å². The van der Waals surface area contributed by atoms with Gasteiger partial charge in [0.1, 0.15) is 5.75 Å². The highest BCUT2D eigenvalue weighted by Crippen LogP contribution is 2.18. The van der Waals surface area contributed by atoms with Crippen LogP contribution in [-0.4, -0.2) is 27.1 Å². The van der Waals surface area contributed by atoms with Crippen molar-refractivity contribution in [3.8, 4) is 5.75 Å². The third-order valence-corrected chi connectivity index (χ3v) is 4.51. The van der Waals surface area contributed by atoms with E-state index < -0.39 is 10.2 Å². The average molecular weight is 337 g/mol. The van der Waals surface area contributed by atoms with Crippen LogP contribution in [0.3, 0.4) is 0 Å². The third-order valence-electron chi connectivity index (χ3n) is 3.43. The number of hydrogen-bond donors (Lipinski definition) is 2. The number of benzene rings is 1. The van der Waals surface area contributed by atoms with Crippen LogP contribution in [0, 0.1) is 0 Å². The van der Waals surface area contributed by atoms with Gasteiger partial charge in [0.05, 0.1) is 19.2 Å². The first-order valence-electron chi connectivity index (χ1n) is 7.00. The Morgan fingerprint density at radius 2 is 2.00 bits per heavy atom. The van der Waals surface area contributed by atoms with Crippen molar-refractivity contribution in [1.82, 2.24) is 10.0 Å². The Morgan fingerprint density at radius 1 is 1.30 bits per heavy atom. The van der Waals surface area contributed by atoms with Crippen molar-refractivity contribution in [2.75, 3.05) is 7.11 Å². The molecule has 1 aliphatic heterocycles. The second-order valence-corrected chi connectivity index (χ2v) is 6.46. The van der Waals surface area contributed by atoms with E-state index in [0.717, 1.165) is 5.56 Å². The number of nitrogens with one attached hydrogen (secondary N) is 2. The summed E-state index contributed by atoms with van der Waals surface area (Å²) >= 11 is 0. The molecule has 0 spiro atoms. The number of amides is 1. The number of ether oxygens (including phenoxy) is 1.